The predicted molar refractivity (Wildman–Crippen MR) is 68.9 cm³/mol. The molecule has 90 valence electrons. The van der Waals surface area contributed by atoms with Crippen LogP contribution in [0.25, 0.3) is 11.5 Å². The first kappa shape index (κ1) is 11.9. The zero-order valence-corrected chi connectivity index (χ0v) is 10.4. The molecule has 1 aromatic carbocycles. The van der Waals surface area contributed by atoms with E-state index in [0.717, 1.165) is 30.6 Å². The zero-order valence-electron chi connectivity index (χ0n) is 10.4. The SMILES string of the molecule is CNCCCc1coc(-c2cccc(C)c2)n1. The van der Waals surface area contributed by atoms with Crippen LogP contribution in [0.4, 0.5) is 0 Å². The molecular weight excluding hydrogens is 212 g/mol. The third-order valence-electron chi connectivity index (χ3n) is 2.68. The minimum Gasteiger partial charge on any atom is -0.444 e. The molecule has 2 aromatic rings. The van der Waals surface area contributed by atoms with Crippen molar-refractivity contribution in [3.05, 3.63) is 41.8 Å². The van der Waals surface area contributed by atoms with Gasteiger partial charge < -0.3 is 9.73 Å². The van der Waals surface area contributed by atoms with Gasteiger partial charge in [-0.1, -0.05) is 17.7 Å². The van der Waals surface area contributed by atoms with Crippen molar-refractivity contribution in [1.29, 1.82) is 0 Å². The number of aromatic nitrogens is 1. The third kappa shape index (κ3) is 3.17. The van der Waals surface area contributed by atoms with Crippen LogP contribution in [0, 0.1) is 6.92 Å². The van der Waals surface area contributed by atoms with Gasteiger partial charge in [-0.2, -0.15) is 0 Å². The molecule has 2 rings (SSSR count). The van der Waals surface area contributed by atoms with E-state index in [-0.39, 0.29) is 0 Å². The molecule has 1 aromatic heterocycles. The lowest BCUT2D eigenvalue weighted by molar-refractivity contribution is 0.571. The Morgan fingerprint density at radius 1 is 1.35 bits per heavy atom. The first-order valence-corrected chi connectivity index (χ1v) is 5.95. The summed E-state index contributed by atoms with van der Waals surface area (Å²) in [7, 11) is 1.96. The van der Waals surface area contributed by atoms with Crippen LogP contribution in [0.3, 0.4) is 0 Å². The van der Waals surface area contributed by atoms with Gasteiger partial charge in [-0.15, -0.1) is 0 Å². The maximum Gasteiger partial charge on any atom is 0.226 e. The van der Waals surface area contributed by atoms with Gasteiger partial charge in [0.05, 0.1) is 5.69 Å². The Hall–Kier alpha value is -1.61. The number of aryl methyl sites for hydroxylation is 2. The highest BCUT2D eigenvalue weighted by molar-refractivity contribution is 5.54. The van der Waals surface area contributed by atoms with E-state index in [0.29, 0.717) is 5.89 Å². The fourth-order valence-corrected chi connectivity index (χ4v) is 1.78. The van der Waals surface area contributed by atoms with Gasteiger partial charge in [0.2, 0.25) is 5.89 Å². The van der Waals surface area contributed by atoms with E-state index < -0.39 is 0 Å². The maximum atomic E-state index is 5.50. The van der Waals surface area contributed by atoms with E-state index in [1.54, 1.807) is 6.26 Å². The van der Waals surface area contributed by atoms with Gasteiger partial charge in [0.1, 0.15) is 6.26 Å². The Bertz CT molecular complexity index is 477. The molecule has 0 radical (unpaired) electrons. The fourth-order valence-electron chi connectivity index (χ4n) is 1.78. The fraction of sp³-hybridized carbons (Fsp3) is 0.357. The summed E-state index contributed by atoms with van der Waals surface area (Å²) in [6.07, 6.45) is 3.79. The average Bonchev–Trinajstić information content (AvgIpc) is 2.78. The van der Waals surface area contributed by atoms with E-state index in [1.165, 1.54) is 5.56 Å². The highest BCUT2D eigenvalue weighted by atomic mass is 16.3. The molecule has 0 unspecified atom stereocenters. The predicted octanol–water partition coefficient (Wildman–Crippen LogP) is 2.80. The number of oxazole rings is 1. The number of hydrogen-bond donors (Lipinski definition) is 1. The number of hydrogen-bond acceptors (Lipinski definition) is 3. The van der Waals surface area contributed by atoms with Crippen LogP contribution in [0.15, 0.2) is 34.9 Å². The molecule has 0 spiro atoms. The summed E-state index contributed by atoms with van der Waals surface area (Å²) in [5, 5.41) is 3.13. The van der Waals surface area contributed by atoms with E-state index in [4.69, 9.17) is 4.42 Å². The average molecular weight is 230 g/mol. The standard InChI is InChI=1S/C14H18N2O/c1-11-5-3-6-12(9-11)14-16-13(10-17-14)7-4-8-15-2/h3,5-6,9-10,15H,4,7-8H2,1-2H3. The van der Waals surface area contributed by atoms with Gasteiger partial charge in [0, 0.05) is 5.56 Å². The van der Waals surface area contributed by atoms with Crippen molar-refractivity contribution < 1.29 is 4.42 Å². The van der Waals surface area contributed by atoms with Crippen LogP contribution in [0.5, 0.6) is 0 Å². The van der Waals surface area contributed by atoms with Crippen LogP contribution < -0.4 is 5.32 Å². The lowest BCUT2D eigenvalue weighted by Crippen LogP contribution is -2.08. The van der Waals surface area contributed by atoms with Crippen molar-refractivity contribution in [3.8, 4) is 11.5 Å². The maximum absolute atomic E-state index is 5.50. The van der Waals surface area contributed by atoms with Crippen LogP contribution in [0.1, 0.15) is 17.7 Å². The van der Waals surface area contributed by atoms with Crippen LogP contribution in [0.2, 0.25) is 0 Å². The Balaban J connectivity index is 2.07. The second-order valence-electron chi connectivity index (χ2n) is 4.22. The topological polar surface area (TPSA) is 38.1 Å². The van der Waals surface area contributed by atoms with Crippen LogP contribution >= 0.6 is 0 Å². The van der Waals surface area contributed by atoms with Crippen LogP contribution in [-0.4, -0.2) is 18.6 Å². The summed E-state index contributed by atoms with van der Waals surface area (Å²) in [5.41, 5.74) is 3.29. The molecule has 3 heteroatoms. The van der Waals surface area contributed by atoms with Crippen molar-refractivity contribution >= 4 is 0 Å². The summed E-state index contributed by atoms with van der Waals surface area (Å²) in [4.78, 5) is 4.50. The molecule has 0 aliphatic heterocycles. The minimum atomic E-state index is 0.716. The Labute approximate surface area is 102 Å². The lowest BCUT2D eigenvalue weighted by atomic mass is 10.1. The monoisotopic (exact) mass is 230 g/mol. The highest BCUT2D eigenvalue weighted by Gasteiger charge is 2.06. The van der Waals surface area contributed by atoms with E-state index in [9.17, 15) is 0 Å². The van der Waals surface area contributed by atoms with E-state index in [1.807, 2.05) is 19.2 Å². The molecule has 0 saturated heterocycles. The number of nitrogens with one attached hydrogen (secondary N) is 1. The van der Waals surface area contributed by atoms with Crippen molar-refractivity contribution in [2.24, 2.45) is 0 Å². The molecule has 0 aliphatic carbocycles. The van der Waals surface area contributed by atoms with Gasteiger partial charge in [-0.25, -0.2) is 4.98 Å². The second kappa shape index (κ2) is 5.64. The van der Waals surface area contributed by atoms with E-state index >= 15 is 0 Å². The Morgan fingerprint density at radius 3 is 3.00 bits per heavy atom. The van der Waals surface area contributed by atoms with Gasteiger partial charge in [0.15, 0.2) is 0 Å². The van der Waals surface area contributed by atoms with Crippen molar-refractivity contribution in [2.75, 3.05) is 13.6 Å². The molecule has 1 heterocycles. The van der Waals surface area contributed by atoms with Crippen molar-refractivity contribution in [2.45, 2.75) is 19.8 Å². The summed E-state index contributed by atoms with van der Waals surface area (Å²) < 4.78 is 5.50. The van der Waals surface area contributed by atoms with Gasteiger partial charge in [0.25, 0.3) is 0 Å². The van der Waals surface area contributed by atoms with Gasteiger partial charge in [-0.3, -0.25) is 0 Å². The first-order chi connectivity index (χ1) is 8.29. The molecule has 0 atom stereocenters. The highest BCUT2D eigenvalue weighted by Crippen LogP contribution is 2.19. The van der Waals surface area contributed by atoms with Crippen LogP contribution in [-0.2, 0) is 6.42 Å². The molecule has 17 heavy (non-hydrogen) atoms. The smallest absolute Gasteiger partial charge is 0.226 e. The lowest BCUT2D eigenvalue weighted by Gasteiger charge is -1.97. The molecule has 0 amide bonds. The summed E-state index contributed by atoms with van der Waals surface area (Å²) in [6, 6.07) is 8.20. The largest absolute Gasteiger partial charge is 0.444 e. The van der Waals surface area contributed by atoms with Gasteiger partial charge in [-0.05, 0) is 45.5 Å². The van der Waals surface area contributed by atoms with Crippen molar-refractivity contribution in [3.63, 3.8) is 0 Å². The first-order valence-electron chi connectivity index (χ1n) is 5.95. The van der Waals surface area contributed by atoms with Gasteiger partial charge >= 0.3 is 0 Å². The Morgan fingerprint density at radius 2 is 2.24 bits per heavy atom. The molecule has 0 bridgehead atoms. The molecule has 3 nitrogen and oxygen atoms in total. The molecular formula is C14H18N2O. The molecule has 0 fully saturated rings. The van der Waals surface area contributed by atoms with E-state index in [2.05, 4.69) is 29.4 Å². The Kier molecular flexibility index (Phi) is 3.94. The minimum absolute atomic E-state index is 0.716. The number of rotatable bonds is 5. The molecule has 0 aliphatic rings. The number of benzene rings is 1. The normalized spacial score (nSPS) is 10.7. The second-order valence-corrected chi connectivity index (χ2v) is 4.22. The summed E-state index contributed by atoms with van der Waals surface area (Å²) in [5.74, 6) is 0.716. The summed E-state index contributed by atoms with van der Waals surface area (Å²) >= 11 is 0. The van der Waals surface area contributed by atoms with Crippen molar-refractivity contribution in [1.82, 2.24) is 10.3 Å². The summed E-state index contributed by atoms with van der Waals surface area (Å²) in [6.45, 7) is 3.08. The molecule has 1 N–H and O–H groups in total. The number of nitrogens with zero attached hydrogens (tertiary/aromatic N) is 1. The zero-order chi connectivity index (χ0) is 12.1. The quantitative estimate of drug-likeness (QED) is 0.803. The third-order valence-corrected chi connectivity index (χ3v) is 2.68. The molecule has 0 saturated carbocycles.